The van der Waals surface area contributed by atoms with Gasteiger partial charge in [0.05, 0.1) is 17.2 Å². The number of carbonyl (C=O) groups is 1. The molecular weight excluding hydrogens is 291 g/mol. The first-order chi connectivity index (χ1) is 10.1. The lowest BCUT2D eigenvalue weighted by Gasteiger charge is -2.17. The van der Waals surface area contributed by atoms with E-state index in [1.54, 1.807) is 12.1 Å². The Hall–Kier alpha value is -1.95. The maximum atomic E-state index is 13.5. The third-order valence-electron chi connectivity index (χ3n) is 2.88. The summed E-state index contributed by atoms with van der Waals surface area (Å²) in [5.41, 5.74) is 0.812. The van der Waals surface area contributed by atoms with Gasteiger partial charge in [-0.05, 0) is 25.5 Å². The molecule has 0 saturated carbocycles. The topological polar surface area (TPSA) is 51.2 Å². The molecule has 0 saturated heterocycles. The van der Waals surface area contributed by atoms with E-state index >= 15 is 0 Å². The largest absolute Gasteiger partial charge is 0.478 e. The second-order valence-corrected chi connectivity index (χ2v) is 5.58. The summed E-state index contributed by atoms with van der Waals surface area (Å²) in [6.45, 7) is 4.07. The fourth-order valence-corrected chi connectivity index (χ4v) is 2.41. The molecule has 1 N–H and O–H groups in total. The molecule has 0 fully saturated rings. The van der Waals surface area contributed by atoms with Crippen molar-refractivity contribution in [2.45, 2.75) is 32.9 Å². The molecular formula is C15H17FN2O2S. The van der Waals surface area contributed by atoms with Crippen molar-refractivity contribution in [3.8, 4) is 5.75 Å². The average Bonchev–Trinajstić information content (AvgIpc) is 2.89. The first kappa shape index (κ1) is 15.4. The van der Waals surface area contributed by atoms with Crippen molar-refractivity contribution in [2.24, 2.45) is 0 Å². The molecule has 0 aliphatic rings. The van der Waals surface area contributed by atoms with Gasteiger partial charge in [0, 0.05) is 5.38 Å². The van der Waals surface area contributed by atoms with Crippen LogP contribution in [0.5, 0.6) is 5.75 Å². The molecule has 1 heterocycles. The number of thiazole rings is 1. The van der Waals surface area contributed by atoms with E-state index in [-0.39, 0.29) is 11.7 Å². The van der Waals surface area contributed by atoms with E-state index in [0.29, 0.717) is 13.0 Å². The molecule has 0 spiro atoms. The van der Waals surface area contributed by atoms with Crippen LogP contribution in [-0.2, 0) is 11.3 Å². The molecule has 0 aliphatic carbocycles. The highest BCUT2D eigenvalue weighted by atomic mass is 32.1. The van der Waals surface area contributed by atoms with Crippen molar-refractivity contribution in [1.29, 1.82) is 0 Å². The first-order valence-corrected chi connectivity index (χ1v) is 7.58. The van der Waals surface area contributed by atoms with Gasteiger partial charge in [-0.3, -0.25) is 4.79 Å². The van der Waals surface area contributed by atoms with Crippen molar-refractivity contribution in [1.82, 2.24) is 10.3 Å². The van der Waals surface area contributed by atoms with Crippen molar-refractivity contribution in [3.05, 3.63) is 46.2 Å². The van der Waals surface area contributed by atoms with Crippen LogP contribution in [-0.4, -0.2) is 17.0 Å². The summed E-state index contributed by atoms with van der Waals surface area (Å²) in [5, 5.41) is 5.61. The van der Waals surface area contributed by atoms with E-state index in [2.05, 4.69) is 10.3 Å². The normalized spacial score (nSPS) is 12.0. The van der Waals surface area contributed by atoms with Crippen LogP contribution in [0.2, 0.25) is 0 Å². The Labute approximate surface area is 127 Å². The monoisotopic (exact) mass is 308 g/mol. The number of hydrogen-bond donors (Lipinski definition) is 1. The zero-order valence-corrected chi connectivity index (χ0v) is 12.7. The number of hydrogen-bond acceptors (Lipinski definition) is 4. The Morgan fingerprint density at radius 3 is 2.86 bits per heavy atom. The van der Waals surface area contributed by atoms with Crippen LogP contribution in [0.15, 0.2) is 29.6 Å². The number of nitrogens with zero attached hydrogens (tertiary/aromatic N) is 1. The van der Waals surface area contributed by atoms with Gasteiger partial charge in [0.15, 0.2) is 17.7 Å². The fraction of sp³-hybridized carbons (Fsp3) is 0.333. The summed E-state index contributed by atoms with van der Waals surface area (Å²) in [5.74, 6) is -0.658. The van der Waals surface area contributed by atoms with Crippen molar-refractivity contribution in [2.75, 3.05) is 0 Å². The van der Waals surface area contributed by atoms with Gasteiger partial charge in [0.1, 0.15) is 0 Å². The quantitative estimate of drug-likeness (QED) is 0.892. The third-order valence-corrected chi connectivity index (χ3v) is 3.70. The van der Waals surface area contributed by atoms with Gasteiger partial charge in [-0.15, -0.1) is 11.3 Å². The molecule has 1 amide bonds. The van der Waals surface area contributed by atoms with Gasteiger partial charge < -0.3 is 10.1 Å². The number of aryl methyl sites for hydroxylation is 1. The van der Waals surface area contributed by atoms with Crippen molar-refractivity contribution in [3.63, 3.8) is 0 Å². The molecule has 0 bridgehead atoms. The Balaban J connectivity index is 1.94. The molecule has 21 heavy (non-hydrogen) atoms. The maximum Gasteiger partial charge on any atom is 0.261 e. The number of halogens is 1. The Morgan fingerprint density at radius 2 is 2.24 bits per heavy atom. The number of nitrogens with one attached hydrogen (secondary N) is 1. The average molecular weight is 308 g/mol. The number of amides is 1. The summed E-state index contributed by atoms with van der Waals surface area (Å²) in [6.07, 6.45) is -0.266. The molecule has 0 aliphatic heterocycles. The zero-order chi connectivity index (χ0) is 15.2. The molecule has 2 rings (SSSR count). The number of rotatable bonds is 6. The predicted octanol–water partition coefficient (Wildman–Crippen LogP) is 3.06. The van der Waals surface area contributed by atoms with Crippen LogP contribution in [0.25, 0.3) is 0 Å². The summed E-state index contributed by atoms with van der Waals surface area (Å²) >= 11 is 1.53. The number of aromatic nitrogens is 1. The van der Waals surface area contributed by atoms with E-state index < -0.39 is 11.9 Å². The van der Waals surface area contributed by atoms with E-state index in [1.165, 1.54) is 23.5 Å². The molecule has 6 heteroatoms. The summed E-state index contributed by atoms with van der Waals surface area (Å²) in [4.78, 5) is 16.4. The minimum atomic E-state index is -0.721. The molecule has 1 aromatic carbocycles. The van der Waals surface area contributed by atoms with E-state index in [0.717, 1.165) is 10.7 Å². The highest BCUT2D eigenvalue weighted by Crippen LogP contribution is 2.18. The number of benzene rings is 1. The number of para-hydroxylation sites is 1. The Morgan fingerprint density at radius 1 is 1.48 bits per heavy atom. The van der Waals surface area contributed by atoms with Crippen LogP contribution in [0.1, 0.15) is 24.0 Å². The summed E-state index contributed by atoms with van der Waals surface area (Å²) in [7, 11) is 0. The molecule has 1 atom stereocenters. The van der Waals surface area contributed by atoms with Crippen LogP contribution in [0.4, 0.5) is 4.39 Å². The lowest BCUT2D eigenvalue weighted by molar-refractivity contribution is -0.128. The standard InChI is InChI=1S/C15H17FN2O2S/c1-3-13(20-14-7-5-4-6-12(14)16)15(19)17-8-11-9-21-10(2)18-11/h4-7,9,13H,3,8H2,1-2H3,(H,17,19)/t13-/m0/s1. The molecule has 112 valence electrons. The second-order valence-electron chi connectivity index (χ2n) is 4.52. The second kappa shape index (κ2) is 7.17. The minimum absolute atomic E-state index is 0.0870. The van der Waals surface area contributed by atoms with Gasteiger partial charge >= 0.3 is 0 Å². The van der Waals surface area contributed by atoms with Gasteiger partial charge in [0.2, 0.25) is 0 Å². The SMILES string of the molecule is CC[C@H](Oc1ccccc1F)C(=O)NCc1csc(C)n1. The van der Waals surface area contributed by atoms with Gasteiger partial charge in [-0.1, -0.05) is 19.1 Å². The summed E-state index contributed by atoms with van der Waals surface area (Å²) < 4.78 is 19.0. The molecule has 0 unspecified atom stereocenters. The first-order valence-electron chi connectivity index (χ1n) is 6.70. The van der Waals surface area contributed by atoms with Gasteiger partial charge in [-0.25, -0.2) is 9.37 Å². The smallest absolute Gasteiger partial charge is 0.261 e. The number of ether oxygens (including phenoxy) is 1. The van der Waals surface area contributed by atoms with Crippen molar-refractivity contribution >= 4 is 17.2 Å². The molecule has 4 nitrogen and oxygen atoms in total. The Kier molecular flexibility index (Phi) is 5.27. The molecule has 2 aromatic rings. The molecule has 0 radical (unpaired) electrons. The van der Waals surface area contributed by atoms with E-state index in [4.69, 9.17) is 4.74 Å². The Bertz CT molecular complexity index is 615. The maximum absolute atomic E-state index is 13.5. The molecule has 1 aromatic heterocycles. The van der Waals surface area contributed by atoms with E-state index in [9.17, 15) is 9.18 Å². The fourth-order valence-electron chi connectivity index (χ4n) is 1.80. The van der Waals surface area contributed by atoms with Crippen molar-refractivity contribution < 1.29 is 13.9 Å². The highest BCUT2D eigenvalue weighted by Gasteiger charge is 2.19. The minimum Gasteiger partial charge on any atom is -0.478 e. The van der Waals surface area contributed by atoms with Crippen LogP contribution in [0.3, 0.4) is 0 Å². The zero-order valence-electron chi connectivity index (χ0n) is 11.9. The van der Waals surface area contributed by atoms with Crippen LogP contribution < -0.4 is 10.1 Å². The number of carbonyl (C=O) groups excluding carboxylic acids is 1. The lowest BCUT2D eigenvalue weighted by atomic mass is 10.2. The third kappa shape index (κ3) is 4.26. The highest BCUT2D eigenvalue weighted by molar-refractivity contribution is 7.09. The van der Waals surface area contributed by atoms with Crippen LogP contribution in [0, 0.1) is 12.7 Å². The van der Waals surface area contributed by atoms with Gasteiger partial charge in [-0.2, -0.15) is 0 Å². The van der Waals surface area contributed by atoms with Crippen LogP contribution >= 0.6 is 11.3 Å². The van der Waals surface area contributed by atoms with Gasteiger partial charge in [0.25, 0.3) is 5.91 Å². The van der Waals surface area contributed by atoms with E-state index in [1.807, 2.05) is 19.2 Å². The summed E-state index contributed by atoms with van der Waals surface area (Å²) in [6, 6.07) is 6.06. The predicted molar refractivity (Wildman–Crippen MR) is 79.8 cm³/mol. The lowest BCUT2D eigenvalue weighted by Crippen LogP contribution is -2.37.